The lowest BCUT2D eigenvalue weighted by atomic mass is 10.0. The van der Waals surface area contributed by atoms with Crippen LogP contribution in [-0.4, -0.2) is 47.1 Å². The average molecular weight is 468 g/mol. The predicted octanol–water partition coefficient (Wildman–Crippen LogP) is 4.47. The molecule has 1 aromatic heterocycles. The van der Waals surface area contributed by atoms with Crippen molar-refractivity contribution in [2.24, 2.45) is 0 Å². The second-order valence-corrected chi connectivity index (χ2v) is 7.81. The number of likely N-dealkylation sites (tertiary alicyclic amines) is 1. The zero-order chi connectivity index (χ0) is 24.4. The minimum absolute atomic E-state index is 0.0872. The van der Waals surface area contributed by atoms with Crippen molar-refractivity contribution in [1.29, 1.82) is 0 Å². The van der Waals surface area contributed by atoms with Crippen LogP contribution >= 0.6 is 0 Å². The van der Waals surface area contributed by atoms with E-state index in [0.29, 0.717) is 17.3 Å². The molecule has 4 rings (SSSR count). The van der Waals surface area contributed by atoms with Gasteiger partial charge in [0.05, 0.1) is 20.3 Å². The monoisotopic (exact) mass is 468 g/mol. The van der Waals surface area contributed by atoms with E-state index in [4.69, 9.17) is 9.47 Å². The molecule has 34 heavy (non-hydrogen) atoms. The van der Waals surface area contributed by atoms with Crippen molar-refractivity contribution in [2.75, 3.05) is 14.2 Å². The van der Waals surface area contributed by atoms with Crippen molar-refractivity contribution in [3.05, 3.63) is 77.4 Å². The molecule has 0 bridgehead atoms. The van der Waals surface area contributed by atoms with Crippen LogP contribution in [0.25, 0.3) is 11.1 Å². The summed E-state index contributed by atoms with van der Waals surface area (Å²) in [6.45, 7) is 0. The number of carbonyl (C=O) groups is 2. The number of carboxylic acids is 1. The molecule has 1 fully saturated rings. The van der Waals surface area contributed by atoms with E-state index in [2.05, 4.69) is 4.98 Å². The van der Waals surface area contributed by atoms with Crippen LogP contribution in [-0.2, 0) is 4.79 Å². The highest BCUT2D eigenvalue weighted by Crippen LogP contribution is 2.39. The Morgan fingerprint density at radius 3 is 2.35 bits per heavy atom. The van der Waals surface area contributed by atoms with Crippen molar-refractivity contribution in [1.82, 2.24) is 9.88 Å². The molecule has 0 spiro atoms. The number of aliphatic carboxylic acids is 1. The molecule has 2 atom stereocenters. The fraction of sp³-hybridized carbons (Fsp3) is 0.240. The smallest absolute Gasteiger partial charge is 0.326 e. The van der Waals surface area contributed by atoms with E-state index in [0.717, 1.165) is 17.7 Å². The zero-order valence-corrected chi connectivity index (χ0v) is 18.5. The van der Waals surface area contributed by atoms with Crippen LogP contribution in [0.4, 0.5) is 8.78 Å². The zero-order valence-electron chi connectivity index (χ0n) is 18.5. The number of methoxy groups -OCH3 is 2. The molecule has 3 aromatic rings. The maximum atomic E-state index is 14.5. The summed E-state index contributed by atoms with van der Waals surface area (Å²) < 4.78 is 38.3. The molecule has 0 aliphatic carbocycles. The number of pyridine rings is 1. The van der Waals surface area contributed by atoms with Crippen molar-refractivity contribution >= 4 is 11.9 Å². The molecule has 1 aliphatic heterocycles. The second kappa shape index (κ2) is 9.46. The Bertz CT molecular complexity index is 1230. The molecular formula is C25H22F2N2O5. The van der Waals surface area contributed by atoms with Gasteiger partial charge in [-0.3, -0.25) is 4.79 Å². The number of aromatic nitrogens is 1. The molecule has 9 heteroatoms. The van der Waals surface area contributed by atoms with Gasteiger partial charge in [0.25, 0.3) is 5.91 Å². The largest absolute Gasteiger partial charge is 0.481 e. The minimum Gasteiger partial charge on any atom is -0.481 e. The Kier molecular flexibility index (Phi) is 6.45. The maximum absolute atomic E-state index is 14.5. The van der Waals surface area contributed by atoms with Gasteiger partial charge in [0, 0.05) is 28.8 Å². The van der Waals surface area contributed by atoms with Crippen LogP contribution in [0.5, 0.6) is 11.8 Å². The summed E-state index contributed by atoms with van der Waals surface area (Å²) in [6.07, 6.45) is 0.410. The molecule has 1 N–H and O–H groups in total. The summed E-state index contributed by atoms with van der Waals surface area (Å²) in [7, 11) is 2.98. The van der Waals surface area contributed by atoms with Gasteiger partial charge in [-0.25, -0.2) is 13.6 Å². The van der Waals surface area contributed by atoms with Crippen LogP contribution < -0.4 is 9.47 Å². The minimum atomic E-state index is -1.18. The van der Waals surface area contributed by atoms with Gasteiger partial charge in [-0.15, -0.1) is 0 Å². The lowest BCUT2D eigenvalue weighted by Gasteiger charge is -2.29. The highest BCUT2D eigenvalue weighted by atomic mass is 19.1. The first kappa shape index (κ1) is 23.2. The van der Waals surface area contributed by atoms with Gasteiger partial charge in [0.15, 0.2) is 0 Å². The number of rotatable bonds is 6. The third kappa shape index (κ3) is 4.28. The Balaban J connectivity index is 1.67. The Hall–Kier alpha value is -4.01. The molecular weight excluding hydrogens is 446 g/mol. The number of nitrogens with zero attached hydrogens (tertiary/aromatic N) is 2. The normalized spacial score (nSPS) is 17.5. The van der Waals surface area contributed by atoms with Gasteiger partial charge in [0.1, 0.15) is 17.7 Å². The molecule has 176 valence electrons. The fourth-order valence-electron chi connectivity index (χ4n) is 4.27. The summed E-state index contributed by atoms with van der Waals surface area (Å²) in [5.41, 5.74) is 1.73. The standard InChI is InChI=1S/C25H22F2N2O5/c1-33-22-12-9-17(23(28-22)34-2)14-3-5-15(6-4-14)24(30)29-20(10-11-21(29)25(31)32)18-8-7-16(26)13-19(18)27/h3-9,12-13,20-21H,10-11H2,1-2H3,(H,31,32)/t20-,21+/m1/s1. The van der Waals surface area contributed by atoms with Crippen LogP contribution in [0.3, 0.4) is 0 Å². The molecule has 0 unspecified atom stereocenters. The summed E-state index contributed by atoms with van der Waals surface area (Å²) in [5, 5.41) is 9.67. The molecule has 1 aliphatic rings. The third-order valence-electron chi connectivity index (χ3n) is 5.91. The van der Waals surface area contributed by atoms with Crippen molar-refractivity contribution in [3.63, 3.8) is 0 Å². The topological polar surface area (TPSA) is 89.0 Å². The highest BCUT2D eigenvalue weighted by molar-refractivity contribution is 5.97. The number of carbonyl (C=O) groups excluding carboxylic acids is 1. The first-order valence-corrected chi connectivity index (χ1v) is 10.5. The third-order valence-corrected chi connectivity index (χ3v) is 5.91. The number of benzene rings is 2. The van der Waals surface area contributed by atoms with Gasteiger partial charge < -0.3 is 19.5 Å². The summed E-state index contributed by atoms with van der Waals surface area (Å²) in [5.74, 6) is -2.56. The maximum Gasteiger partial charge on any atom is 0.326 e. The molecule has 2 heterocycles. The second-order valence-electron chi connectivity index (χ2n) is 7.81. The predicted molar refractivity (Wildman–Crippen MR) is 119 cm³/mol. The van der Waals surface area contributed by atoms with Crippen molar-refractivity contribution in [3.8, 4) is 22.9 Å². The van der Waals surface area contributed by atoms with Gasteiger partial charge >= 0.3 is 5.97 Å². The molecule has 1 saturated heterocycles. The molecule has 7 nitrogen and oxygen atoms in total. The summed E-state index contributed by atoms with van der Waals surface area (Å²) in [6, 6.07) is 11.1. The first-order chi connectivity index (χ1) is 16.3. The van der Waals surface area contributed by atoms with E-state index in [1.807, 2.05) is 0 Å². The fourth-order valence-corrected chi connectivity index (χ4v) is 4.27. The lowest BCUT2D eigenvalue weighted by molar-refractivity contribution is -0.141. The number of ether oxygens (including phenoxy) is 2. The molecule has 1 amide bonds. The highest BCUT2D eigenvalue weighted by Gasteiger charge is 2.42. The Morgan fingerprint density at radius 2 is 1.74 bits per heavy atom. The number of carboxylic acid groups (broad SMARTS) is 1. The van der Waals surface area contributed by atoms with Crippen LogP contribution in [0, 0.1) is 11.6 Å². The van der Waals surface area contributed by atoms with Crippen LogP contribution in [0.15, 0.2) is 54.6 Å². The number of amides is 1. The number of halogens is 2. The summed E-state index contributed by atoms with van der Waals surface area (Å²) >= 11 is 0. The Labute approximate surface area is 194 Å². The first-order valence-electron chi connectivity index (χ1n) is 10.5. The molecule has 0 radical (unpaired) electrons. The van der Waals surface area contributed by atoms with E-state index in [-0.39, 0.29) is 24.0 Å². The van der Waals surface area contributed by atoms with Gasteiger partial charge in [-0.1, -0.05) is 18.2 Å². The van der Waals surface area contributed by atoms with Gasteiger partial charge in [0.2, 0.25) is 11.8 Å². The molecule has 2 aromatic carbocycles. The van der Waals surface area contributed by atoms with E-state index >= 15 is 0 Å². The SMILES string of the molecule is COc1ccc(-c2ccc(C(=O)N3[C@@H](c4ccc(F)cc4F)CC[C@H]3C(=O)O)cc2)c(OC)n1. The van der Waals surface area contributed by atoms with E-state index < -0.39 is 35.6 Å². The quantitative estimate of drug-likeness (QED) is 0.574. The van der Waals surface area contributed by atoms with E-state index in [1.54, 1.807) is 36.4 Å². The molecule has 0 saturated carbocycles. The number of hydrogen-bond acceptors (Lipinski definition) is 5. The van der Waals surface area contributed by atoms with Crippen LogP contribution in [0.2, 0.25) is 0 Å². The van der Waals surface area contributed by atoms with E-state index in [1.165, 1.54) is 25.2 Å². The van der Waals surface area contributed by atoms with Crippen molar-refractivity contribution < 1.29 is 33.0 Å². The van der Waals surface area contributed by atoms with Gasteiger partial charge in [-0.2, -0.15) is 4.98 Å². The average Bonchev–Trinajstić information content (AvgIpc) is 3.28. The van der Waals surface area contributed by atoms with Gasteiger partial charge in [-0.05, 0) is 42.7 Å². The number of hydrogen-bond donors (Lipinski definition) is 1. The van der Waals surface area contributed by atoms with Crippen molar-refractivity contribution in [2.45, 2.75) is 24.9 Å². The summed E-state index contributed by atoms with van der Waals surface area (Å²) in [4.78, 5) is 30.7. The lowest BCUT2D eigenvalue weighted by Crippen LogP contribution is -2.42. The van der Waals surface area contributed by atoms with E-state index in [9.17, 15) is 23.5 Å². The Morgan fingerprint density at radius 1 is 1.00 bits per heavy atom. The van der Waals surface area contributed by atoms with Crippen LogP contribution in [0.1, 0.15) is 34.8 Å².